The van der Waals surface area contributed by atoms with Crippen molar-refractivity contribution in [1.29, 1.82) is 0 Å². The minimum Gasteiger partial charge on any atom is -0.497 e. The first-order valence-corrected chi connectivity index (χ1v) is 13.0. The van der Waals surface area contributed by atoms with Crippen LogP contribution in [0.4, 0.5) is 5.88 Å². The number of fused-ring (bicyclic) bond motifs is 1. The van der Waals surface area contributed by atoms with Crippen LogP contribution in [-0.4, -0.2) is 37.3 Å². The van der Waals surface area contributed by atoms with Gasteiger partial charge in [0.2, 0.25) is 0 Å². The summed E-state index contributed by atoms with van der Waals surface area (Å²) >= 11 is 1.28. The van der Waals surface area contributed by atoms with Gasteiger partial charge in [-0.3, -0.25) is 9.36 Å². The van der Waals surface area contributed by atoms with Gasteiger partial charge in [0.25, 0.3) is 5.56 Å². The largest absolute Gasteiger partial charge is 0.497 e. The normalized spacial score (nSPS) is 18.1. The summed E-state index contributed by atoms with van der Waals surface area (Å²) in [6, 6.07) is 10.5. The number of ether oxygens (including phenoxy) is 2. The van der Waals surface area contributed by atoms with E-state index in [1.54, 1.807) is 31.6 Å². The number of thiazole rings is 1. The molecule has 1 atom stereocenters. The molecule has 8 nitrogen and oxygen atoms in total. The van der Waals surface area contributed by atoms with Crippen molar-refractivity contribution in [1.82, 2.24) is 4.57 Å². The third-order valence-electron chi connectivity index (χ3n) is 6.48. The van der Waals surface area contributed by atoms with E-state index in [4.69, 9.17) is 13.9 Å². The summed E-state index contributed by atoms with van der Waals surface area (Å²) in [7, 11) is 1.58. The summed E-state index contributed by atoms with van der Waals surface area (Å²) in [6.45, 7) is 5.71. The number of hydrogen-bond acceptors (Lipinski definition) is 8. The number of rotatable bonds is 6. The van der Waals surface area contributed by atoms with Crippen LogP contribution in [-0.2, 0) is 9.53 Å². The number of piperidine rings is 1. The molecule has 36 heavy (non-hydrogen) atoms. The first kappa shape index (κ1) is 24.1. The average molecular weight is 508 g/mol. The number of hydrogen-bond donors (Lipinski definition) is 0. The molecule has 0 amide bonds. The summed E-state index contributed by atoms with van der Waals surface area (Å²) in [5, 5.41) is 0. The van der Waals surface area contributed by atoms with E-state index in [1.807, 2.05) is 36.4 Å². The molecule has 5 rings (SSSR count). The van der Waals surface area contributed by atoms with Gasteiger partial charge >= 0.3 is 5.97 Å². The SMILES string of the molecule is CCOC(=O)C1=C(C)N=c2s/c(=C\c3ccc(N4CCCCC4)o3)c(=O)n2C1c1cccc(OC)c1. The molecule has 1 saturated heterocycles. The van der Waals surface area contributed by atoms with Crippen LogP contribution in [0.5, 0.6) is 5.75 Å². The molecule has 1 aromatic carbocycles. The average Bonchev–Trinajstić information content (AvgIpc) is 3.48. The van der Waals surface area contributed by atoms with Crippen molar-refractivity contribution in [2.24, 2.45) is 4.99 Å². The number of anilines is 1. The molecule has 2 aliphatic heterocycles. The first-order chi connectivity index (χ1) is 17.5. The predicted molar refractivity (Wildman–Crippen MR) is 138 cm³/mol. The van der Waals surface area contributed by atoms with Gasteiger partial charge in [0.1, 0.15) is 11.5 Å². The first-order valence-electron chi connectivity index (χ1n) is 12.2. The zero-order chi connectivity index (χ0) is 25.2. The summed E-state index contributed by atoms with van der Waals surface area (Å²) in [5.41, 5.74) is 1.37. The Morgan fingerprint density at radius 1 is 1.22 bits per heavy atom. The van der Waals surface area contributed by atoms with Crippen LogP contribution in [0.2, 0.25) is 0 Å². The molecular weight excluding hydrogens is 478 g/mol. The van der Waals surface area contributed by atoms with E-state index in [0.29, 0.717) is 32.1 Å². The Balaban J connectivity index is 1.62. The van der Waals surface area contributed by atoms with Crippen LogP contribution < -0.4 is 24.5 Å². The molecule has 2 aliphatic rings. The lowest BCUT2D eigenvalue weighted by Crippen LogP contribution is -2.39. The molecule has 0 N–H and O–H groups in total. The van der Waals surface area contributed by atoms with Crippen LogP contribution in [0, 0.1) is 0 Å². The minimum absolute atomic E-state index is 0.225. The van der Waals surface area contributed by atoms with Crippen molar-refractivity contribution in [3.63, 3.8) is 0 Å². The van der Waals surface area contributed by atoms with Gasteiger partial charge in [-0.05, 0) is 56.9 Å². The molecule has 9 heteroatoms. The van der Waals surface area contributed by atoms with Gasteiger partial charge in [-0.1, -0.05) is 23.5 Å². The van der Waals surface area contributed by atoms with Gasteiger partial charge in [0.15, 0.2) is 10.7 Å². The second-order valence-corrected chi connectivity index (χ2v) is 9.81. The quantitative estimate of drug-likeness (QED) is 0.476. The number of nitrogens with zero attached hydrogens (tertiary/aromatic N) is 3. The number of benzene rings is 1. The fraction of sp³-hybridized carbons (Fsp3) is 0.370. The molecule has 3 aromatic rings. The van der Waals surface area contributed by atoms with Gasteiger partial charge in [-0.2, -0.15) is 0 Å². The number of aromatic nitrogens is 1. The smallest absolute Gasteiger partial charge is 0.338 e. The highest BCUT2D eigenvalue weighted by molar-refractivity contribution is 7.07. The standard InChI is InChI=1S/C27H29N3O5S/c1-4-34-26(32)23-17(2)28-27-30(24(23)18-9-8-10-19(15-18)33-3)25(31)21(36-27)16-20-11-12-22(35-20)29-13-6-5-7-14-29/h8-12,15-16,24H,4-7,13-14H2,1-3H3/b21-16-. The lowest BCUT2D eigenvalue weighted by molar-refractivity contribution is -0.139. The van der Waals surface area contributed by atoms with Crippen LogP contribution in [0.1, 0.15) is 50.5 Å². The summed E-state index contributed by atoms with van der Waals surface area (Å²) in [6.07, 6.45) is 5.30. The molecular formula is C27H29N3O5S. The Labute approximate surface area is 212 Å². The zero-order valence-corrected chi connectivity index (χ0v) is 21.5. The van der Waals surface area contributed by atoms with Crippen LogP contribution >= 0.6 is 11.3 Å². The number of carbonyl (C=O) groups excluding carboxylic acids is 1. The van der Waals surface area contributed by atoms with E-state index < -0.39 is 12.0 Å². The Morgan fingerprint density at radius 3 is 2.78 bits per heavy atom. The van der Waals surface area contributed by atoms with E-state index in [2.05, 4.69) is 9.89 Å². The summed E-state index contributed by atoms with van der Waals surface area (Å²) in [5.74, 6) is 1.58. The third-order valence-corrected chi connectivity index (χ3v) is 7.46. The second-order valence-electron chi connectivity index (χ2n) is 8.80. The van der Waals surface area contributed by atoms with Crippen LogP contribution in [0.3, 0.4) is 0 Å². The number of furan rings is 1. The highest BCUT2D eigenvalue weighted by Gasteiger charge is 2.33. The van der Waals surface area contributed by atoms with Crippen molar-refractivity contribution < 1.29 is 18.7 Å². The van der Waals surface area contributed by atoms with Crippen LogP contribution in [0.25, 0.3) is 6.08 Å². The fourth-order valence-corrected chi connectivity index (χ4v) is 5.78. The Morgan fingerprint density at radius 2 is 2.03 bits per heavy atom. The van der Waals surface area contributed by atoms with Crippen molar-refractivity contribution in [3.05, 3.63) is 78.7 Å². The molecule has 0 spiro atoms. The number of methoxy groups -OCH3 is 1. The molecule has 0 saturated carbocycles. The van der Waals surface area contributed by atoms with Gasteiger partial charge in [0, 0.05) is 25.2 Å². The molecule has 0 radical (unpaired) electrons. The Bertz CT molecular complexity index is 1490. The lowest BCUT2D eigenvalue weighted by atomic mass is 9.95. The third kappa shape index (κ3) is 4.51. The van der Waals surface area contributed by atoms with Crippen LogP contribution in [0.15, 0.2) is 61.9 Å². The highest BCUT2D eigenvalue weighted by atomic mass is 32.1. The topological polar surface area (TPSA) is 86.3 Å². The van der Waals surface area contributed by atoms with Crippen molar-refractivity contribution in [2.45, 2.75) is 39.2 Å². The van der Waals surface area contributed by atoms with Gasteiger partial charge in [-0.15, -0.1) is 0 Å². The van der Waals surface area contributed by atoms with E-state index in [-0.39, 0.29) is 12.2 Å². The van der Waals surface area contributed by atoms with E-state index >= 15 is 0 Å². The maximum absolute atomic E-state index is 13.7. The van der Waals surface area contributed by atoms with Gasteiger partial charge in [-0.25, -0.2) is 9.79 Å². The molecule has 0 bridgehead atoms. The van der Waals surface area contributed by atoms with Crippen molar-refractivity contribution >= 4 is 29.3 Å². The molecule has 188 valence electrons. The van der Waals surface area contributed by atoms with Gasteiger partial charge < -0.3 is 18.8 Å². The number of esters is 1. The molecule has 0 aliphatic carbocycles. The molecule has 2 aromatic heterocycles. The molecule has 4 heterocycles. The maximum Gasteiger partial charge on any atom is 0.338 e. The zero-order valence-electron chi connectivity index (χ0n) is 20.7. The monoisotopic (exact) mass is 507 g/mol. The van der Waals surface area contributed by atoms with Crippen molar-refractivity contribution in [2.75, 3.05) is 31.7 Å². The Hall–Kier alpha value is -3.59. The maximum atomic E-state index is 13.7. The fourth-order valence-electron chi connectivity index (χ4n) is 4.75. The van der Waals surface area contributed by atoms with Gasteiger partial charge in [0.05, 0.1) is 35.6 Å². The van der Waals surface area contributed by atoms with Crippen molar-refractivity contribution in [3.8, 4) is 5.75 Å². The molecule has 1 fully saturated rings. The summed E-state index contributed by atoms with van der Waals surface area (Å²) in [4.78, 5) is 34.1. The molecule has 1 unspecified atom stereocenters. The van der Waals surface area contributed by atoms with E-state index in [0.717, 1.165) is 37.4 Å². The highest BCUT2D eigenvalue weighted by Crippen LogP contribution is 2.32. The lowest BCUT2D eigenvalue weighted by Gasteiger charge is -2.25. The summed E-state index contributed by atoms with van der Waals surface area (Å²) < 4.78 is 18.9. The Kier molecular flexibility index (Phi) is 6.82. The van der Waals surface area contributed by atoms with E-state index in [9.17, 15) is 9.59 Å². The second kappa shape index (κ2) is 10.2. The predicted octanol–water partition coefficient (Wildman–Crippen LogP) is 3.39. The minimum atomic E-state index is -0.682. The number of allylic oxidation sites excluding steroid dienone is 1. The van der Waals surface area contributed by atoms with E-state index in [1.165, 1.54) is 17.8 Å². The number of carbonyl (C=O) groups is 1.